The molecule has 0 spiro atoms. The van der Waals surface area contributed by atoms with Crippen LogP contribution in [0.5, 0.6) is 0 Å². The molecule has 0 aromatic carbocycles. The normalized spacial score (nSPS) is 25.6. The van der Waals surface area contributed by atoms with E-state index in [1.165, 1.54) is 6.92 Å². The maximum atomic E-state index is 12.0. The number of amides is 1. The van der Waals surface area contributed by atoms with E-state index in [-0.39, 0.29) is 17.4 Å². The van der Waals surface area contributed by atoms with Gasteiger partial charge in [0.2, 0.25) is 9.70 Å². The van der Waals surface area contributed by atoms with E-state index in [2.05, 4.69) is 5.32 Å². The first-order chi connectivity index (χ1) is 10.8. The molecule has 5 nitrogen and oxygen atoms in total. The molecule has 3 rings (SSSR count). The highest BCUT2D eigenvalue weighted by molar-refractivity contribution is 6.68. The molecule has 2 aliphatic rings. The fourth-order valence-corrected chi connectivity index (χ4v) is 4.29. The van der Waals surface area contributed by atoms with Gasteiger partial charge in [0, 0.05) is 44.2 Å². The smallest absolute Gasteiger partial charge is 0.250 e. The van der Waals surface area contributed by atoms with Gasteiger partial charge in [-0.15, -0.1) is 0 Å². The van der Waals surface area contributed by atoms with Crippen LogP contribution in [0.2, 0.25) is 0 Å². The second-order valence-electron chi connectivity index (χ2n) is 6.30. The number of nitrogens with one attached hydrogen (secondary N) is 1. The lowest BCUT2D eigenvalue weighted by molar-refractivity contribution is -0.121. The first-order valence-corrected chi connectivity index (χ1v) is 8.66. The van der Waals surface area contributed by atoms with Crippen molar-refractivity contribution in [2.24, 2.45) is 5.92 Å². The number of hydrogen-bond donors (Lipinski definition) is 1. The number of carbonyl (C=O) groups is 1. The first kappa shape index (κ1) is 17.1. The van der Waals surface area contributed by atoms with Crippen molar-refractivity contribution in [3.05, 3.63) is 34.2 Å². The number of nitrogens with zero attached hydrogens (tertiary/aromatic N) is 2. The fourth-order valence-electron chi connectivity index (χ4n) is 3.72. The van der Waals surface area contributed by atoms with E-state index >= 15 is 0 Å². The lowest BCUT2D eigenvalue weighted by Gasteiger charge is -2.47. The Morgan fingerprint density at radius 2 is 2.04 bits per heavy atom. The molecule has 1 amide bonds. The van der Waals surface area contributed by atoms with Crippen molar-refractivity contribution in [2.75, 3.05) is 13.1 Å². The predicted octanol–water partition coefficient (Wildman–Crippen LogP) is 2.10. The zero-order valence-corrected chi connectivity index (χ0v) is 14.9. The Hall–Kier alpha value is -0.750. The van der Waals surface area contributed by atoms with E-state index < -0.39 is 9.96 Å². The molecule has 0 unspecified atom stereocenters. The monoisotopic (exact) mass is 377 g/mol. The molecule has 8 heteroatoms. The predicted molar refractivity (Wildman–Crippen MR) is 91.0 cm³/mol. The van der Waals surface area contributed by atoms with Crippen LogP contribution in [0, 0.1) is 5.92 Å². The SMILES string of the molecule is CC(=O)N[C@H](N1C[C@@H]2C[C@H](C1)c1cccc(=O)n1C2)C(Cl)(Cl)Cl. The van der Waals surface area contributed by atoms with E-state index in [0.717, 1.165) is 12.1 Å². The standard InChI is InChI=1S/C15H18Cl3N3O2/c1-9(22)19-14(15(16,17)18)20-6-10-5-11(8-20)12-3-2-4-13(23)21(12)7-10/h2-4,10-11,14H,5-8H2,1H3,(H,19,22)/t10-,11+,14+/m0/s1. The minimum absolute atomic E-state index is 0.0328. The largest absolute Gasteiger partial charge is 0.337 e. The summed E-state index contributed by atoms with van der Waals surface area (Å²) in [5.41, 5.74) is 1.05. The number of alkyl halides is 3. The zero-order chi connectivity index (χ0) is 16.8. The van der Waals surface area contributed by atoms with Crippen molar-refractivity contribution >= 4 is 40.7 Å². The van der Waals surface area contributed by atoms with Crippen LogP contribution in [0.3, 0.4) is 0 Å². The summed E-state index contributed by atoms with van der Waals surface area (Å²) in [6, 6.07) is 5.35. The number of rotatable bonds is 2. The summed E-state index contributed by atoms with van der Waals surface area (Å²) in [4.78, 5) is 25.5. The molecule has 3 atom stereocenters. The molecule has 2 aliphatic heterocycles. The van der Waals surface area contributed by atoms with Crippen LogP contribution in [-0.2, 0) is 11.3 Å². The minimum Gasteiger partial charge on any atom is -0.337 e. The lowest BCUT2D eigenvalue weighted by Crippen LogP contribution is -2.60. The zero-order valence-electron chi connectivity index (χ0n) is 12.6. The van der Waals surface area contributed by atoms with Crippen molar-refractivity contribution in [1.82, 2.24) is 14.8 Å². The van der Waals surface area contributed by atoms with Crippen LogP contribution in [-0.4, -0.2) is 38.4 Å². The van der Waals surface area contributed by atoms with Crippen LogP contribution >= 0.6 is 34.8 Å². The van der Waals surface area contributed by atoms with Gasteiger partial charge < -0.3 is 9.88 Å². The second-order valence-corrected chi connectivity index (χ2v) is 8.67. The number of piperidine rings is 1. The topological polar surface area (TPSA) is 54.3 Å². The van der Waals surface area contributed by atoms with Crippen LogP contribution < -0.4 is 10.9 Å². The Kier molecular flexibility index (Phi) is 4.67. The summed E-state index contributed by atoms with van der Waals surface area (Å²) in [6.45, 7) is 3.38. The van der Waals surface area contributed by atoms with Gasteiger partial charge in [-0.1, -0.05) is 40.9 Å². The Bertz CT molecular complexity index is 671. The average molecular weight is 379 g/mol. The van der Waals surface area contributed by atoms with Crippen LogP contribution in [0.25, 0.3) is 0 Å². The molecular formula is C15H18Cl3N3O2. The number of aromatic nitrogens is 1. The fraction of sp³-hybridized carbons (Fsp3) is 0.600. The van der Waals surface area contributed by atoms with Crippen molar-refractivity contribution < 1.29 is 4.79 Å². The third-order valence-corrected chi connectivity index (χ3v) is 5.14. The highest BCUT2D eigenvalue weighted by Gasteiger charge is 2.43. The highest BCUT2D eigenvalue weighted by Crippen LogP contribution is 2.39. The summed E-state index contributed by atoms with van der Waals surface area (Å²) in [5, 5.41) is 2.74. The Morgan fingerprint density at radius 3 is 2.70 bits per heavy atom. The maximum absolute atomic E-state index is 12.0. The molecule has 1 fully saturated rings. The van der Waals surface area contributed by atoms with Crippen molar-refractivity contribution in [2.45, 2.75) is 35.8 Å². The van der Waals surface area contributed by atoms with Crippen LogP contribution in [0.15, 0.2) is 23.0 Å². The third-order valence-electron chi connectivity index (χ3n) is 4.52. The van der Waals surface area contributed by atoms with Crippen LogP contribution in [0.4, 0.5) is 0 Å². The second kappa shape index (κ2) is 6.28. The quantitative estimate of drug-likeness (QED) is 0.802. The van der Waals surface area contributed by atoms with Gasteiger partial charge >= 0.3 is 0 Å². The molecule has 1 N–H and O–H groups in total. The Labute approximate surface area is 149 Å². The molecule has 1 saturated heterocycles. The van der Waals surface area contributed by atoms with E-state index in [1.54, 1.807) is 12.1 Å². The van der Waals surface area contributed by atoms with Gasteiger partial charge in [-0.25, -0.2) is 0 Å². The van der Waals surface area contributed by atoms with Crippen LogP contribution in [0.1, 0.15) is 25.0 Å². The molecule has 0 radical (unpaired) electrons. The lowest BCUT2D eigenvalue weighted by atomic mass is 9.83. The molecule has 0 saturated carbocycles. The van der Waals surface area contributed by atoms with Crippen molar-refractivity contribution in [3.63, 3.8) is 0 Å². The average Bonchev–Trinajstić information content (AvgIpc) is 2.44. The van der Waals surface area contributed by atoms with Crippen molar-refractivity contribution in [1.29, 1.82) is 0 Å². The molecule has 126 valence electrons. The van der Waals surface area contributed by atoms with E-state index in [9.17, 15) is 9.59 Å². The summed E-state index contributed by atoms with van der Waals surface area (Å²) in [5.74, 6) is 0.249. The number of carbonyl (C=O) groups excluding carboxylic acids is 1. The van der Waals surface area contributed by atoms with Gasteiger partial charge in [0.25, 0.3) is 5.56 Å². The van der Waals surface area contributed by atoms with E-state index in [0.29, 0.717) is 25.6 Å². The molecule has 2 bridgehead atoms. The number of likely N-dealkylation sites (tertiary alicyclic amines) is 1. The maximum Gasteiger partial charge on any atom is 0.250 e. The Morgan fingerprint density at radius 1 is 1.30 bits per heavy atom. The molecular weight excluding hydrogens is 361 g/mol. The molecule has 1 aromatic rings. The van der Waals surface area contributed by atoms with Gasteiger partial charge in [0.1, 0.15) is 6.17 Å². The summed E-state index contributed by atoms with van der Waals surface area (Å²) < 4.78 is 0.229. The van der Waals surface area contributed by atoms with Gasteiger partial charge in [-0.3, -0.25) is 14.5 Å². The summed E-state index contributed by atoms with van der Waals surface area (Å²) in [6.07, 6.45) is 0.323. The number of halogens is 3. The van der Waals surface area contributed by atoms with E-state index in [4.69, 9.17) is 34.8 Å². The van der Waals surface area contributed by atoms with Gasteiger partial charge in [-0.2, -0.15) is 0 Å². The summed E-state index contributed by atoms with van der Waals surface area (Å²) >= 11 is 18.2. The molecule has 3 heterocycles. The number of pyridine rings is 1. The summed E-state index contributed by atoms with van der Waals surface area (Å²) in [7, 11) is 0. The number of fused-ring (bicyclic) bond motifs is 4. The minimum atomic E-state index is -1.62. The third kappa shape index (κ3) is 3.53. The van der Waals surface area contributed by atoms with Crippen molar-refractivity contribution in [3.8, 4) is 0 Å². The van der Waals surface area contributed by atoms with Gasteiger partial charge in [0.05, 0.1) is 0 Å². The highest BCUT2D eigenvalue weighted by atomic mass is 35.6. The van der Waals surface area contributed by atoms with E-state index in [1.807, 2.05) is 15.5 Å². The molecule has 1 aromatic heterocycles. The first-order valence-electron chi connectivity index (χ1n) is 7.53. The number of hydrogen-bond acceptors (Lipinski definition) is 3. The molecule has 0 aliphatic carbocycles. The van der Waals surface area contributed by atoms with Gasteiger partial charge in [0.15, 0.2) is 0 Å². The Balaban J connectivity index is 1.89. The van der Waals surface area contributed by atoms with Gasteiger partial charge in [-0.05, 0) is 18.4 Å². The molecule has 23 heavy (non-hydrogen) atoms.